The van der Waals surface area contributed by atoms with E-state index in [-0.39, 0.29) is 11.3 Å². The van der Waals surface area contributed by atoms with Crippen molar-refractivity contribution >= 4 is 26.7 Å². The van der Waals surface area contributed by atoms with Gasteiger partial charge in [-0.05, 0) is 39.0 Å². The monoisotopic (exact) mass is 309 g/mol. The van der Waals surface area contributed by atoms with Gasteiger partial charge in [-0.3, -0.25) is 0 Å². The lowest BCUT2D eigenvalue weighted by Crippen LogP contribution is -2.31. The standard InChI is InChI=1S/C15H19NO4S/c1-15(2,3)21(19,20)10-9-16-8-7-11-12(14(17)18)5-4-6-13(11)16/h4-8H,9-10H2,1-3H3,(H,17,18). The lowest BCUT2D eigenvalue weighted by molar-refractivity contribution is 0.0699. The number of carboxylic acid groups (broad SMARTS) is 1. The quantitative estimate of drug-likeness (QED) is 0.941. The van der Waals surface area contributed by atoms with Gasteiger partial charge in [-0.2, -0.15) is 0 Å². The minimum absolute atomic E-state index is 0.0254. The Labute approximate surface area is 124 Å². The molecule has 0 aliphatic rings. The molecule has 0 unspecified atom stereocenters. The van der Waals surface area contributed by atoms with Crippen molar-refractivity contribution < 1.29 is 18.3 Å². The van der Waals surface area contributed by atoms with Crippen molar-refractivity contribution in [3.8, 4) is 0 Å². The fourth-order valence-corrected chi connectivity index (χ4v) is 3.18. The van der Waals surface area contributed by atoms with Gasteiger partial charge in [0.1, 0.15) is 0 Å². The van der Waals surface area contributed by atoms with E-state index in [0.29, 0.717) is 11.9 Å². The summed E-state index contributed by atoms with van der Waals surface area (Å²) >= 11 is 0. The number of rotatable bonds is 4. The van der Waals surface area contributed by atoms with Gasteiger partial charge in [0.05, 0.1) is 16.1 Å². The molecule has 1 N–H and O–H groups in total. The normalized spacial score (nSPS) is 12.7. The van der Waals surface area contributed by atoms with Crippen molar-refractivity contribution in [3.05, 3.63) is 36.0 Å². The summed E-state index contributed by atoms with van der Waals surface area (Å²) < 4.78 is 25.3. The van der Waals surface area contributed by atoms with Gasteiger partial charge in [-0.15, -0.1) is 0 Å². The molecule has 0 radical (unpaired) electrons. The number of aromatic nitrogens is 1. The molecule has 21 heavy (non-hydrogen) atoms. The Kier molecular flexibility index (Phi) is 3.84. The van der Waals surface area contributed by atoms with Crippen molar-refractivity contribution in [2.24, 2.45) is 0 Å². The fraction of sp³-hybridized carbons (Fsp3) is 0.400. The third-order valence-electron chi connectivity index (χ3n) is 3.58. The van der Waals surface area contributed by atoms with Gasteiger partial charge in [0.15, 0.2) is 9.84 Å². The van der Waals surface area contributed by atoms with Crippen LogP contribution in [0.3, 0.4) is 0 Å². The number of sulfone groups is 1. The largest absolute Gasteiger partial charge is 0.478 e. The molecule has 0 fully saturated rings. The number of benzene rings is 1. The zero-order chi connectivity index (χ0) is 15.8. The highest BCUT2D eigenvalue weighted by molar-refractivity contribution is 7.92. The van der Waals surface area contributed by atoms with Gasteiger partial charge >= 0.3 is 5.97 Å². The Morgan fingerprint density at radius 3 is 2.48 bits per heavy atom. The number of carboxylic acids is 1. The predicted molar refractivity (Wildman–Crippen MR) is 82.4 cm³/mol. The van der Waals surface area contributed by atoms with Crippen LogP contribution in [-0.4, -0.2) is 34.6 Å². The molecule has 1 heterocycles. The van der Waals surface area contributed by atoms with Crippen molar-refractivity contribution in [1.29, 1.82) is 0 Å². The maximum Gasteiger partial charge on any atom is 0.336 e. The summed E-state index contributed by atoms with van der Waals surface area (Å²) in [5, 5.41) is 9.78. The van der Waals surface area contributed by atoms with E-state index in [4.69, 9.17) is 5.11 Å². The number of nitrogens with zero attached hydrogens (tertiary/aromatic N) is 1. The zero-order valence-corrected chi connectivity index (χ0v) is 13.1. The minimum atomic E-state index is -3.21. The molecule has 0 saturated heterocycles. The van der Waals surface area contributed by atoms with E-state index >= 15 is 0 Å². The Hall–Kier alpha value is -1.82. The Balaban J connectivity index is 2.34. The molecule has 0 bridgehead atoms. The molecule has 1 aromatic carbocycles. The highest BCUT2D eigenvalue weighted by atomic mass is 32.2. The van der Waals surface area contributed by atoms with Gasteiger partial charge in [0.25, 0.3) is 0 Å². The van der Waals surface area contributed by atoms with Crippen molar-refractivity contribution in [3.63, 3.8) is 0 Å². The molecule has 0 amide bonds. The van der Waals surface area contributed by atoms with Crippen LogP contribution in [0.1, 0.15) is 31.1 Å². The lowest BCUT2D eigenvalue weighted by Gasteiger charge is -2.19. The summed E-state index contributed by atoms with van der Waals surface area (Å²) in [7, 11) is -3.21. The number of aryl methyl sites for hydroxylation is 1. The summed E-state index contributed by atoms with van der Waals surface area (Å²) in [6.45, 7) is 5.35. The molecule has 0 atom stereocenters. The maximum absolute atomic E-state index is 12.2. The summed E-state index contributed by atoms with van der Waals surface area (Å²) in [6.07, 6.45) is 1.73. The van der Waals surface area contributed by atoms with Crippen molar-refractivity contribution in [2.45, 2.75) is 32.1 Å². The molecule has 0 aliphatic heterocycles. The van der Waals surface area contributed by atoms with Gasteiger partial charge < -0.3 is 9.67 Å². The van der Waals surface area contributed by atoms with Crippen LogP contribution in [0.4, 0.5) is 0 Å². The second-order valence-corrected chi connectivity index (χ2v) is 8.85. The van der Waals surface area contributed by atoms with Gasteiger partial charge in [-0.25, -0.2) is 13.2 Å². The van der Waals surface area contributed by atoms with E-state index in [1.54, 1.807) is 55.8 Å². The average molecular weight is 309 g/mol. The zero-order valence-electron chi connectivity index (χ0n) is 12.3. The smallest absolute Gasteiger partial charge is 0.336 e. The van der Waals surface area contributed by atoms with Gasteiger partial charge in [0, 0.05) is 23.6 Å². The summed E-state index contributed by atoms with van der Waals surface area (Å²) in [5.74, 6) is -0.960. The first-order chi connectivity index (χ1) is 9.63. The second kappa shape index (κ2) is 5.18. The van der Waals surface area contributed by atoms with Crippen LogP contribution in [0.15, 0.2) is 30.5 Å². The van der Waals surface area contributed by atoms with Gasteiger partial charge in [-0.1, -0.05) is 6.07 Å². The first kappa shape index (κ1) is 15.6. The SMILES string of the molecule is CC(C)(C)S(=O)(=O)CCn1ccc2c(C(=O)O)cccc21. The van der Waals surface area contributed by atoms with E-state index in [1.807, 2.05) is 0 Å². The molecule has 5 nitrogen and oxygen atoms in total. The maximum atomic E-state index is 12.2. The van der Waals surface area contributed by atoms with Crippen molar-refractivity contribution in [2.75, 3.05) is 5.75 Å². The van der Waals surface area contributed by atoms with Crippen LogP contribution in [0.5, 0.6) is 0 Å². The van der Waals surface area contributed by atoms with E-state index in [9.17, 15) is 13.2 Å². The number of hydrogen-bond acceptors (Lipinski definition) is 3. The van der Waals surface area contributed by atoms with E-state index in [1.165, 1.54) is 0 Å². The number of fused-ring (bicyclic) bond motifs is 1. The number of carbonyl (C=O) groups is 1. The van der Waals surface area contributed by atoms with Crippen LogP contribution in [0.2, 0.25) is 0 Å². The molecular formula is C15H19NO4S. The molecule has 6 heteroatoms. The molecule has 1 aromatic heterocycles. The molecule has 2 aromatic rings. The minimum Gasteiger partial charge on any atom is -0.478 e. The number of hydrogen-bond donors (Lipinski definition) is 1. The molecule has 0 spiro atoms. The van der Waals surface area contributed by atoms with Crippen LogP contribution < -0.4 is 0 Å². The Bertz CT molecular complexity index is 782. The predicted octanol–water partition coefficient (Wildman–Crippen LogP) is 2.55. The Morgan fingerprint density at radius 1 is 1.24 bits per heavy atom. The van der Waals surface area contributed by atoms with E-state index < -0.39 is 20.6 Å². The molecule has 114 valence electrons. The van der Waals surface area contributed by atoms with E-state index in [2.05, 4.69) is 0 Å². The third kappa shape index (κ3) is 2.95. The molecule has 0 aliphatic carbocycles. The molecule has 0 saturated carbocycles. The summed E-state index contributed by atoms with van der Waals surface area (Å²) in [4.78, 5) is 11.2. The first-order valence-electron chi connectivity index (χ1n) is 6.67. The molecular weight excluding hydrogens is 290 g/mol. The Morgan fingerprint density at radius 2 is 1.90 bits per heavy atom. The highest BCUT2D eigenvalue weighted by Crippen LogP contribution is 2.22. The summed E-state index contributed by atoms with van der Waals surface area (Å²) in [6, 6.07) is 6.72. The van der Waals surface area contributed by atoms with Crippen LogP contribution in [0.25, 0.3) is 10.9 Å². The average Bonchev–Trinajstić information content (AvgIpc) is 2.77. The van der Waals surface area contributed by atoms with Crippen LogP contribution in [0, 0.1) is 0 Å². The highest BCUT2D eigenvalue weighted by Gasteiger charge is 2.28. The van der Waals surface area contributed by atoms with Crippen LogP contribution in [-0.2, 0) is 16.4 Å². The van der Waals surface area contributed by atoms with E-state index in [0.717, 1.165) is 5.52 Å². The van der Waals surface area contributed by atoms with Crippen LogP contribution >= 0.6 is 0 Å². The third-order valence-corrected chi connectivity index (χ3v) is 6.16. The molecule has 2 rings (SSSR count). The lowest BCUT2D eigenvalue weighted by atomic mass is 10.1. The second-order valence-electron chi connectivity index (χ2n) is 5.98. The fourth-order valence-electron chi connectivity index (χ4n) is 2.13. The summed E-state index contributed by atoms with van der Waals surface area (Å²) in [5.41, 5.74) is 0.962. The topological polar surface area (TPSA) is 76.4 Å². The first-order valence-corrected chi connectivity index (χ1v) is 8.32. The number of aromatic carboxylic acids is 1. The van der Waals surface area contributed by atoms with Gasteiger partial charge in [0.2, 0.25) is 0 Å². The van der Waals surface area contributed by atoms with Crippen molar-refractivity contribution in [1.82, 2.24) is 4.57 Å².